The zero-order chi connectivity index (χ0) is 18.5. The first kappa shape index (κ1) is 18.5. The van der Waals surface area contributed by atoms with Crippen molar-refractivity contribution in [2.45, 2.75) is 44.8 Å². The molecule has 2 fully saturated rings. The number of hydrogen-bond acceptors (Lipinski definition) is 3. The van der Waals surface area contributed by atoms with Gasteiger partial charge in [0.2, 0.25) is 5.91 Å². The molecule has 0 bridgehead atoms. The highest BCUT2D eigenvalue weighted by atomic mass is 19.1. The van der Waals surface area contributed by atoms with Gasteiger partial charge in [-0.1, -0.05) is 12.1 Å². The average molecular weight is 363 g/mol. The molecule has 26 heavy (non-hydrogen) atoms. The summed E-state index contributed by atoms with van der Waals surface area (Å²) in [4.78, 5) is 28.6. The first-order valence-electron chi connectivity index (χ1n) is 9.32. The van der Waals surface area contributed by atoms with Crippen LogP contribution in [-0.4, -0.2) is 60.2 Å². The summed E-state index contributed by atoms with van der Waals surface area (Å²) in [5.41, 5.74) is 0.519. The number of carbonyl (C=O) groups is 2. The van der Waals surface area contributed by atoms with Crippen LogP contribution < -0.4 is 10.1 Å². The van der Waals surface area contributed by atoms with E-state index in [4.69, 9.17) is 4.74 Å². The zero-order valence-electron chi connectivity index (χ0n) is 15.1. The number of carbonyl (C=O) groups excluding carboxylic acids is 2. The van der Waals surface area contributed by atoms with Gasteiger partial charge in [0.05, 0.1) is 18.8 Å². The van der Waals surface area contributed by atoms with Crippen LogP contribution in [-0.2, 0) is 4.79 Å². The standard InChI is InChI=1S/C19H26FN3O3/c1-2-26-17-9-5-4-8-15(17)21-19(25)23-13-14(20)12-16(23)18(24)22-10-6-3-7-11-22/h4-5,8-9,14,16H,2-3,6-7,10-13H2,1H3,(H,21,25)/t14-,16-/m0/s1. The van der Waals surface area contributed by atoms with Crippen LogP contribution >= 0.6 is 0 Å². The molecule has 2 atom stereocenters. The molecule has 2 aliphatic rings. The Morgan fingerprint density at radius 1 is 1.23 bits per heavy atom. The molecule has 1 aromatic rings. The van der Waals surface area contributed by atoms with Crippen LogP contribution in [0, 0.1) is 0 Å². The van der Waals surface area contributed by atoms with Crippen molar-refractivity contribution in [3.8, 4) is 5.75 Å². The van der Waals surface area contributed by atoms with E-state index in [1.165, 1.54) is 4.90 Å². The van der Waals surface area contributed by atoms with Crippen molar-refractivity contribution >= 4 is 17.6 Å². The van der Waals surface area contributed by atoms with E-state index in [9.17, 15) is 14.0 Å². The fourth-order valence-electron chi connectivity index (χ4n) is 3.61. The van der Waals surface area contributed by atoms with Crippen LogP contribution in [0.3, 0.4) is 0 Å². The Hall–Kier alpha value is -2.31. The molecule has 3 amide bonds. The normalized spacial score (nSPS) is 23.0. The second-order valence-electron chi connectivity index (χ2n) is 6.75. The smallest absolute Gasteiger partial charge is 0.322 e. The number of alkyl halides is 1. The molecule has 0 unspecified atom stereocenters. The first-order chi connectivity index (χ1) is 12.6. The van der Waals surface area contributed by atoms with Crippen molar-refractivity contribution in [2.24, 2.45) is 0 Å². The van der Waals surface area contributed by atoms with Crippen LogP contribution in [0.4, 0.5) is 14.9 Å². The minimum Gasteiger partial charge on any atom is -0.492 e. The number of halogens is 1. The van der Waals surface area contributed by atoms with Gasteiger partial charge >= 0.3 is 6.03 Å². The summed E-state index contributed by atoms with van der Waals surface area (Å²) >= 11 is 0. The highest BCUT2D eigenvalue weighted by Crippen LogP contribution is 2.27. The summed E-state index contributed by atoms with van der Waals surface area (Å²) in [6.45, 7) is 3.65. The minimum atomic E-state index is -1.18. The molecule has 0 radical (unpaired) electrons. The van der Waals surface area contributed by atoms with Gasteiger partial charge < -0.3 is 19.9 Å². The Labute approximate surface area is 153 Å². The number of hydrogen-bond donors (Lipinski definition) is 1. The average Bonchev–Trinajstić information content (AvgIpc) is 3.05. The molecule has 0 spiro atoms. The largest absolute Gasteiger partial charge is 0.492 e. The Morgan fingerprint density at radius 3 is 2.69 bits per heavy atom. The summed E-state index contributed by atoms with van der Waals surface area (Å²) in [7, 11) is 0. The number of benzene rings is 1. The number of likely N-dealkylation sites (tertiary alicyclic amines) is 2. The molecule has 1 N–H and O–H groups in total. The van der Waals surface area contributed by atoms with Gasteiger partial charge in [0, 0.05) is 19.5 Å². The number of amides is 3. The maximum atomic E-state index is 14.0. The Morgan fingerprint density at radius 2 is 1.96 bits per heavy atom. The van der Waals surface area contributed by atoms with E-state index in [0.29, 0.717) is 31.1 Å². The monoisotopic (exact) mass is 363 g/mol. The van der Waals surface area contributed by atoms with Crippen LogP contribution in [0.2, 0.25) is 0 Å². The second kappa shape index (κ2) is 8.38. The zero-order valence-corrected chi connectivity index (χ0v) is 15.1. The number of anilines is 1. The van der Waals surface area contributed by atoms with Gasteiger partial charge in [0.15, 0.2) is 0 Å². The Bertz CT molecular complexity index is 649. The SMILES string of the molecule is CCOc1ccccc1NC(=O)N1C[C@@H](F)C[C@H]1C(=O)N1CCCCC1. The van der Waals surface area contributed by atoms with E-state index < -0.39 is 18.2 Å². The van der Waals surface area contributed by atoms with E-state index >= 15 is 0 Å². The molecule has 7 heteroatoms. The summed E-state index contributed by atoms with van der Waals surface area (Å²) in [5.74, 6) is 0.413. The van der Waals surface area contributed by atoms with Gasteiger partial charge in [-0.15, -0.1) is 0 Å². The predicted octanol–water partition coefficient (Wildman–Crippen LogP) is 3.04. The van der Waals surface area contributed by atoms with Gasteiger partial charge in [-0.2, -0.15) is 0 Å². The van der Waals surface area contributed by atoms with Crippen LogP contribution in [0.5, 0.6) is 5.75 Å². The number of para-hydroxylation sites is 2. The quantitative estimate of drug-likeness (QED) is 0.894. The molecule has 142 valence electrons. The number of nitrogens with one attached hydrogen (secondary N) is 1. The van der Waals surface area contributed by atoms with Crippen molar-refractivity contribution in [2.75, 3.05) is 31.6 Å². The van der Waals surface area contributed by atoms with Crippen LogP contribution in [0.25, 0.3) is 0 Å². The third kappa shape index (κ3) is 4.08. The fraction of sp³-hybridized carbons (Fsp3) is 0.579. The minimum absolute atomic E-state index is 0.0626. The van der Waals surface area contributed by atoms with E-state index in [1.54, 1.807) is 23.1 Å². The molecule has 0 aliphatic carbocycles. The molecule has 2 aliphatic heterocycles. The number of urea groups is 1. The molecule has 3 rings (SSSR count). The molecule has 0 saturated carbocycles. The topological polar surface area (TPSA) is 61.9 Å². The summed E-state index contributed by atoms with van der Waals surface area (Å²) in [6, 6.07) is 5.90. The summed E-state index contributed by atoms with van der Waals surface area (Å²) in [5, 5.41) is 2.77. The maximum absolute atomic E-state index is 14.0. The second-order valence-corrected chi connectivity index (χ2v) is 6.75. The Balaban J connectivity index is 1.71. The Kier molecular flexibility index (Phi) is 5.96. The molecule has 6 nitrogen and oxygen atoms in total. The van der Waals surface area contributed by atoms with E-state index in [2.05, 4.69) is 5.32 Å². The molecule has 2 heterocycles. The van der Waals surface area contributed by atoms with Gasteiger partial charge in [0.1, 0.15) is 18.0 Å². The lowest BCUT2D eigenvalue weighted by Crippen LogP contribution is -2.50. The molecular weight excluding hydrogens is 337 g/mol. The van der Waals surface area contributed by atoms with Gasteiger partial charge in [-0.05, 0) is 38.3 Å². The highest BCUT2D eigenvalue weighted by Gasteiger charge is 2.41. The van der Waals surface area contributed by atoms with E-state index in [-0.39, 0.29) is 18.9 Å². The molecule has 2 saturated heterocycles. The van der Waals surface area contributed by atoms with Crippen molar-refractivity contribution < 1.29 is 18.7 Å². The fourth-order valence-corrected chi connectivity index (χ4v) is 3.61. The van der Waals surface area contributed by atoms with Crippen molar-refractivity contribution in [3.05, 3.63) is 24.3 Å². The number of piperidine rings is 1. The summed E-state index contributed by atoms with van der Waals surface area (Å²) in [6.07, 6.45) is 1.92. The van der Waals surface area contributed by atoms with Gasteiger partial charge in [-0.3, -0.25) is 4.79 Å². The van der Waals surface area contributed by atoms with Crippen molar-refractivity contribution in [1.82, 2.24) is 9.80 Å². The molecular formula is C19H26FN3O3. The van der Waals surface area contributed by atoms with Crippen LogP contribution in [0.1, 0.15) is 32.6 Å². The third-order valence-corrected chi connectivity index (χ3v) is 4.89. The third-order valence-electron chi connectivity index (χ3n) is 4.89. The van der Waals surface area contributed by atoms with Crippen LogP contribution in [0.15, 0.2) is 24.3 Å². The highest BCUT2D eigenvalue weighted by molar-refractivity contribution is 5.95. The lowest BCUT2D eigenvalue weighted by molar-refractivity contribution is -0.136. The van der Waals surface area contributed by atoms with Crippen molar-refractivity contribution in [1.29, 1.82) is 0 Å². The number of rotatable bonds is 4. The van der Waals surface area contributed by atoms with Gasteiger partial charge in [-0.25, -0.2) is 9.18 Å². The number of ether oxygens (including phenoxy) is 1. The molecule has 1 aromatic carbocycles. The number of nitrogens with zero attached hydrogens (tertiary/aromatic N) is 2. The van der Waals surface area contributed by atoms with E-state index in [1.807, 2.05) is 13.0 Å². The van der Waals surface area contributed by atoms with Gasteiger partial charge in [0.25, 0.3) is 0 Å². The summed E-state index contributed by atoms with van der Waals surface area (Å²) < 4.78 is 19.5. The van der Waals surface area contributed by atoms with Crippen molar-refractivity contribution in [3.63, 3.8) is 0 Å². The van der Waals surface area contributed by atoms with E-state index in [0.717, 1.165) is 19.3 Å². The lowest BCUT2D eigenvalue weighted by atomic mass is 10.1. The first-order valence-corrected chi connectivity index (χ1v) is 9.32. The maximum Gasteiger partial charge on any atom is 0.322 e. The lowest BCUT2D eigenvalue weighted by Gasteiger charge is -2.32. The predicted molar refractivity (Wildman–Crippen MR) is 97.1 cm³/mol. The molecule has 0 aromatic heterocycles.